The Bertz CT molecular complexity index is 242. The number of carboxylic acids is 1. The molecule has 0 heterocycles. The van der Waals surface area contributed by atoms with Crippen molar-refractivity contribution < 1.29 is 14.7 Å². The van der Waals surface area contributed by atoms with E-state index in [-0.39, 0.29) is 11.8 Å². The lowest BCUT2D eigenvalue weighted by atomic mass is 9.97. The molecular weight excluding hydrogens is 182 g/mol. The van der Waals surface area contributed by atoms with Crippen LogP contribution in [0.2, 0.25) is 0 Å². The maximum atomic E-state index is 11.4. The normalized spacial score (nSPS) is 19.6. The van der Waals surface area contributed by atoms with E-state index in [9.17, 15) is 9.59 Å². The van der Waals surface area contributed by atoms with Gasteiger partial charge >= 0.3 is 5.97 Å². The second-order valence-corrected chi connectivity index (χ2v) is 4.24. The van der Waals surface area contributed by atoms with Crippen molar-refractivity contribution in [1.82, 2.24) is 5.32 Å². The molecule has 0 aromatic heterocycles. The molecule has 4 heteroatoms. The molecule has 1 rings (SSSR count). The van der Waals surface area contributed by atoms with Crippen LogP contribution >= 0.6 is 0 Å². The van der Waals surface area contributed by atoms with Crippen LogP contribution in [0.5, 0.6) is 0 Å². The van der Waals surface area contributed by atoms with Crippen molar-refractivity contribution in [3.05, 3.63) is 0 Å². The summed E-state index contributed by atoms with van der Waals surface area (Å²) in [7, 11) is 0. The van der Waals surface area contributed by atoms with E-state index in [1.54, 1.807) is 13.8 Å². The molecule has 1 saturated carbocycles. The average molecular weight is 199 g/mol. The topological polar surface area (TPSA) is 66.4 Å². The minimum Gasteiger partial charge on any atom is -0.480 e. The third-order valence-electron chi connectivity index (χ3n) is 2.75. The number of nitrogens with one attached hydrogen (secondary N) is 1. The zero-order chi connectivity index (χ0) is 10.8. The summed E-state index contributed by atoms with van der Waals surface area (Å²) in [6.07, 6.45) is 2.87. The molecule has 1 aliphatic rings. The summed E-state index contributed by atoms with van der Waals surface area (Å²) in [6, 6.07) is 0. The molecule has 2 N–H and O–H groups in total. The van der Waals surface area contributed by atoms with E-state index in [1.165, 1.54) is 0 Å². The molecule has 1 amide bonds. The van der Waals surface area contributed by atoms with Crippen LogP contribution in [0.25, 0.3) is 0 Å². The second kappa shape index (κ2) is 3.98. The van der Waals surface area contributed by atoms with Gasteiger partial charge in [-0.3, -0.25) is 4.79 Å². The zero-order valence-electron chi connectivity index (χ0n) is 8.67. The third kappa shape index (κ3) is 2.05. The van der Waals surface area contributed by atoms with Crippen molar-refractivity contribution in [1.29, 1.82) is 0 Å². The van der Waals surface area contributed by atoms with Crippen molar-refractivity contribution in [2.75, 3.05) is 0 Å². The molecule has 0 spiro atoms. The van der Waals surface area contributed by atoms with Crippen LogP contribution in [0.3, 0.4) is 0 Å². The van der Waals surface area contributed by atoms with Crippen molar-refractivity contribution in [2.45, 2.75) is 45.1 Å². The molecule has 0 bridgehead atoms. The van der Waals surface area contributed by atoms with Crippen LogP contribution < -0.4 is 5.32 Å². The maximum Gasteiger partial charge on any atom is 0.329 e. The summed E-state index contributed by atoms with van der Waals surface area (Å²) in [5.74, 6) is -1.23. The quantitative estimate of drug-likeness (QED) is 0.716. The minimum atomic E-state index is -0.985. The van der Waals surface area contributed by atoms with Gasteiger partial charge in [0.2, 0.25) is 5.91 Å². The fraction of sp³-hybridized carbons (Fsp3) is 0.800. The molecule has 0 saturated heterocycles. The largest absolute Gasteiger partial charge is 0.480 e. The number of hydrogen-bond donors (Lipinski definition) is 2. The highest BCUT2D eigenvalue weighted by molar-refractivity contribution is 5.88. The molecule has 0 radical (unpaired) electrons. The first-order valence-electron chi connectivity index (χ1n) is 5.03. The van der Waals surface area contributed by atoms with E-state index in [4.69, 9.17) is 5.11 Å². The van der Waals surface area contributed by atoms with E-state index in [0.717, 1.165) is 12.8 Å². The number of carboxylic acid groups (broad SMARTS) is 1. The fourth-order valence-corrected chi connectivity index (χ4v) is 1.75. The summed E-state index contributed by atoms with van der Waals surface area (Å²) >= 11 is 0. The molecule has 0 aliphatic heterocycles. The molecule has 14 heavy (non-hydrogen) atoms. The van der Waals surface area contributed by atoms with Crippen LogP contribution in [0.15, 0.2) is 0 Å². The van der Waals surface area contributed by atoms with Gasteiger partial charge in [0, 0.05) is 5.92 Å². The maximum absolute atomic E-state index is 11.4. The van der Waals surface area contributed by atoms with Crippen molar-refractivity contribution in [3.63, 3.8) is 0 Å². The van der Waals surface area contributed by atoms with E-state index in [0.29, 0.717) is 12.8 Å². The first-order chi connectivity index (χ1) is 6.48. The van der Waals surface area contributed by atoms with Gasteiger partial charge in [-0.2, -0.15) is 0 Å². The van der Waals surface area contributed by atoms with Gasteiger partial charge in [0.05, 0.1) is 0 Å². The highest BCUT2D eigenvalue weighted by atomic mass is 16.4. The predicted molar refractivity (Wildman–Crippen MR) is 51.8 cm³/mol. The standard InChI is InChI=1S/C10H17NO3/c1-7(2)8(12)11-10(9(13)14)5-3-4-6-10/h7H,3-6H2,1-2H3,(H,11,12)(H,13,14). The monoisotopic (exact) mass is 199 g/mol. The molecule has 1 fully saturated rings. The SMILES string of the molecule is CC(C)C(=O)NC1(C(=O)O)CCCC1. The Morgan fingerprint density at radius 1 is 1.29 bits per heavy atom. The molecule has 80 valence electrons. The van der Waals surface area contributed by atoms with Gasteiger partial charge in [-0.15, -0.1) is 0 Å². The van der Waals surface area contributed by atoms with Crippen LogP contribution in [0.1, 0.15) is 39.5 Å². The van der Waals surface area contributed by atoms with Gasteiger partial charge in [-0.1, -0.05) is 26.7 Å². The van der Waals surface area contributed by atoms with Crippen molar-refractivity contribution >= 4 is 11.9 Å². The molecule has 0 unspecified atom stereocenters. The second-order valence-electron chi connectivity index (χ2n) is 4.24. The Balaban J connectivity index is 2.70. The minimum absolute atomic E-state index is 0.160. The molecule has 0 aromatic carbocycles. The van der Waals surface area contributed by atoms with Gasteiger partial charge < -0.3 is 10.4 Å². The van der Waals surface area contributed by atoms with Gasteiger partial charge in [0.25, 0.3) is 0 Å². The Kier molecular flexibility index (Phi) is 3.13. The summed E-state index contributed by atoms with van der Waals surface area (Å²) in [4.78, 5) is 22.5. The van der Waals surface area contributed by atoms with Crippen LogP contribution in [0, 0.1) is 5.92 Å². The number of carbonyl (C=O) groups excluding carboxylic acids is 1. The Hall–Kier alpha value is -1.06. The zero-order valence-corrected chi connectivity index (χ0v) is 8.67. The summed E-state index contributed by atoms with van der Waals surface area (Å²) < 4.78 is 0. The van der Waals surface area contributed by atoms with E-state index in [1.807, 2.05) is 0 Å². The van der Waals surface area contributed by atoms with Gasteiger partial charge in [-0.25, -0.2) is 4.79 Å². The number of amides is 1. The van der Waals surface area contributed by atoms with Crippen LogP contribution in [0.4, 0.5) is 0 Å². The molecular formula is C10H17NO3. The van der Waals surface area contributed by atoms with Gasteiger partial charge in [-0.05, 0) is 12.8 Å². The Labute approximate surface area is 83.7 Å². The van der Waals surface area contributed by atoms with Crippen molar-refractivity contribution in [3.8, 4) is 0 Å². The van der Waals surface area contributed by atoms with E-state index >= 15 is 0 Å². The average Bonchev–Trinajstić information content (AvgIpc) is 2.53. The lowest BCUT2D eigenvalue weighted by molar-refractivity contribution is -0.147. The number of aliphatic carboxylic acids is 1. The molecule has 4 nitrogen and oxygen atoms in total. The molecule has 0 aromatic rings. The summed E-state index contributed by atoms with van der Waals surface area (Å²) in [6.45, 7) is 3.53. The first-order valence-corrected chi connectivity index (χ1v) is 5.03. The Morgan fingerprint density at radius 3 is 2.14 bits per heavy atom. The number of rotatable bonds is 3. The first kappa shape index (κ1) is 11.0. The van der Waals surface area contributed by atoms with E-state index < -0.39 is 11.5 Å². The van der Waals surface area contributed by atoms with E-state index in [2.05, 4.69) is 5.32 Å². The lowest BCUT2D eigenvalue weighted by Crippen LogP contribution is -2.53. The van der Waals surface area contributed by atoms with Crippen LogP contribution in [-0.4, -0.2) is 22.5 Å². The lowest BCUT2D eigenvalue weighted by Gasteiger charge is -2.26. The predicted octanol–water partition coefficient (Wildman–Crippen LogP) is 1.16. The molecule has 0 atom stereocenters. The number of carbonyl (C=O) groups is 2. The van der Waals surface area contributed by atoms with Crippen molar-refractivity contribution in [2.24, 2.45) is 5.92 Å². The van der Waals surface area contributed by atoms with Gasteiger partial charge in [0.1, 0.15) is 5.54 Å². The van der Waals surface area contributed by atoms with Crippen LogP contribution in [-0.2, 0) is 9.59 Å². The fourth-order valence-electron chi connectivity index (χ4n) is 1.75. The highest BCUT2D eigenvalue weighted by Gasteiger charge is 2.42. The smallest absolute Gasteiger partial charge is 0.329 e. The molecule has 1 aliphatic carbocycles. The Morgan fingerprint density at radius 2 is 1.79 bits per heavy atom. The highest BCUT2D eigenvalue weighted by Crippen LogP contribution is 2.30. The number of hydrogen-bond acceptors (Lipinski definition) is 2. The third-order valence-corrected chi connectivity index (χ3v) is 2.75. The summed E-state index contributed by atoms with van der Waals surface area (Å²) in [5, 5.41) is 11.7. The van der Waals surface area contributed by atoms with Gasteiger partial charge in [0.15, 0.2) is 0 Å². The summed E-state index contributed by atoms with van der Waals surface area (Å²) in [5.41, 5.74) is -0.985.